The molecule has 2 aromatic rings. The lowest BCUT2D eigenvalue weighted by molar-refractivity contribution is 0.271. The van der Waals surface area contributed by atoms with Gasteiger partial charge in [0.1, 0.15) is 0 Å². The maximum Gasteiger partial charge on any atom is 0.336 e. The van der Waals surface area contributed by atoms with Gasteiger partial charge in [0.15, 0.2) is 0 Å². The van der Waals surface area contributed by atoms with Gasteiger partial charge in [0.25, 0.3) is 0 Å². The van der Waals surface area contributed by atoms with Crippen molar-refractivity contribution in [2.24, 2.45) is 0 Å². The second-order valence-electron chi connectivity index (χ2n) is 4.87. The van der Waals surface area contributed by atoms with Crippen LogP contribution in [0.2, 0.25) is 0 Å². The van der Waals surface area contributed by atoms with E-state index in [2.05, 4.69) is 9.97 Å². The number of hydrogen-bond donors (Lipinski definition) is 0. The van der Waals surface area contributed by atoms with Gasteiger partial charge in [-0.05, 0) is 12.1 Å². The van der Waals surface area contributed by atoms with E-state index in [4.69, 9.17) is 18.1 Å². The van der Waals surface area contributed by atoms with Crippen LogP contribution < -0.4 is 0 Å². The Morgan fingerprint density at radius 2 is 1.08 bits per heavy atom. The highest BCUT2D eigenvalue weighted by molar-refractivity contribution is 7.53. The number of aromatic nitrogens is 2. The summed E-state index contributed by atoms with van der Waals surface area (Å²) in [5.41, 5.74) is 1.99. The van der Waals surface area contributed by atoms with Gasteiger partial charge >= 0.3 is 15.2 Å². The SMILES string of the molecule is COP(=O)(Cc1nc2ccccc2nc1CP(=O)(OC)OC)OC. The van der Waals surface area contributed by atoms with Gasteiger partial charge in [-0.2, -0.15) is 0 Å². The molecule has 0 saturated carbocycles. The topological polar surface area (TPSA) is 96.8 Å². The summed E-state index contributed by atoms with van der Waals surface area (Å²) in [5.74, 6) is 0. The molecule has 0 saturated heterocycles. The van der Waals surface area contributed by atoms with E-state index in [-0.39, 0.29) is 12.3 Å². The van der Waals surface area contributed by atoms with Crippen LogP contribution in [0, 0.1) is 0 Å². The van der Waals surface area contributed by atoms with Gasteiger partial charge in [-0.3, -0.25) is 9.13 Å². The minimum atomic E-state index is -3.36. The number of nitrogens with zero attached hydrogens (tertiary/aromatic N) is 2. The summed E-state index contributed by atoms with van der Waals surface area (Å²) in [4.78, 5) is 8.96. The van der Waals surface area contributed by atoms with Gasteiger partial charge in [-0.1, -0.05) is 12.1 Å². The maximum absolute atomic E-state index is 12.5. The summed E-state index contributed by atoms with van der Waals surface area (Å²) < 4.78 is 44.8. The van der Waals surface area contributed by atoms with Crippen molar-refractivity contribution in [1.82, 2.24) is 9.97 Å². The first-order valence-electron chi connectivity index (χ1n) is 7.04. The zero-order valence-electron chi connectivity index (χ0n) is 14.0. The summed E-state index contributed by atoms with van der Waals surface area (Å²) in [5, 5.41) is 0. The molecule has 0 aliphatic heterocycles. The lowest BCUT2D eigenvalue weighted by atomic mass is 10.2. The largest absolute Gasteiger partial charge is 0.336 e. The summed E-state index contributed by atoms with van der Waals surface area (Å²) in [6, 6.07) is 7.21. The van der Waals surface area contributed by atoms with E-state index in [1.54, 1.807) is 12.1 Å². The third-order valence-corrected chi connectivity index (χ3v) is 7.12. The van der Waals surface area contributed by atoms with Gasteiger partial charge in [0.05, 0.1) is 34.7 Å². The summed E-state index contributed by atoms with van der Waals surface area (Å²) in [6.45, 7) is 0. The van der Waals surface area contributed by atoms with Crippen LogP contribution in [0.15, 0.2) is 24.3 Å². The Balaban J connectivity index is 2.55. The minimum Gasteiger partial charge on any atom is -0.312 e. The minimum absolute atomic E-state index is 0.0966. The zero-order valence-corrected chi connectivity index (χ0v) is 15.8. The lowest BCUT2D eigenvalue weighted by Gasteiger charge is -2.18. The molecule has 10 heteroatoms. The fourth-order valence-corrected chi connectivity index (χ4v) is 4.16. The number of para-hydroxylation sites is 2. The monoisotopic (exact) mass is 374 g/mol. The van der Waals surface area contributed by atoms with Gasteiger partial charge in [-0.15, -0.1) is 0 Å². The van der Waals surface area contributed by atoms with Crippen molar-refractivity contribution >= 4 is 26.2 Å². The second-order valence-corrected chi connectivity index (χ2v) is 9.41. The molecule has 8 nitrogen and oxygen atoms in total. The Labute approximate surface area is 140 Å². The molecule has 1 aromatic heterocycles. The summed E-state index contributed by atoms with van der Waals surface area (Å²) in [6.07, 6.45) is -0.193. The normalized spacial score (nSPS) is 12.7. The molecular formula is C14H20N2O6P2. The Kier molecular flexibility index (Phi) is 6.26. The molecule has 0 N–H and O–H groups in total. The Hall–Kier alpha value is -1.14. The summed E-state index contributed by atoms with van der Waals surface area (Å²) >= 11 is 0. The first-order valence-corrected chi connectivity index (χ1v) is 10.5. The van der Waals surface area contributed by atoms with Crippen molar-refractivity contribution in [3.05, 3.63) is 35.7 Å². The van der Waals surface area contributed by atoms with E-state index in [1.165, 1.54) is 28.4 Å². The van der Waals surface area contributed by atoms with Crippen molar-refractivity contribution in [3.63, 3.8) is 0 Å². The van der Waals surface area contributed by atoms with Crippen molar-refractivity contribution < 1.29 is 27.2 Å². The van der Waals surface area contributed by atoms with Crippen LogP contribution in [0.4, 0.5) is 0 Å². The number of fused-ring (bicyclic) bond motifs is 1. The van der Waals surface area contributed by atoms with Gasteiger partial charge < -0.3 is 18.1 Å². The quantitative estimate of drug-likeness (QED) is 0.647. The van der Waals surface area contributed by atoms with Crippen molar-refractivity contribution in [2.45, 2.75) is 12.3 Å². The molecule has 24 heavy (non-hydrogen) atoms. The molecule has 0 atom stereocenters. The molecule has 132 valence electrons. The smallest absolute Gasteiger partial charge is 0.312 e. The molecule has 1 heterocycles. The van der Waals surface area contributed by atoms with Crippen LogP contribution in [0.3, 0.4) is 0 Å². The first kappa shape index (κ1) is 19.2. The van der Waals surface area contributed by atoms with Gasteiger partial charge in [0, 0.05) is 28.4 Å². The van der Waals surface area contributed by atoms with E-state index in [9.17, 15) is 9.13 Å². The molecule has 0 amide bonds. The van der Waals surface area contributed by atoms with Crippen LogP contribution in [0.1, 0.15) is 11.4 Å². The van der Waals surface area contributed by atoms with E-state index >= 15 is 0 Å². The molecular weight excluding hydrogens is 354 g/mol. The highest BCUT2D eigenvalue weighted by atomic mass is 31.2. The van der Waals surface area contributed by atoms with E-state index in [0.717, 1.165) is 0 Å². The zero-order chi connectivity index (χ0) is 17.8. The first-order chi connectivity index (χ1) is 11.4. The molecule has 1 aromatic carbocycles. The standard InChI is InChI=1S/C14H20N2O6P2/c1-19-23(17,20-2)9-13-14(10-24(18,21-3)22-4)16-12-8-6-5-7-11(12)15-13/h5-8H,9-10H2,1-4H3. The van der Waals surface area contributed by atoms with Crippen LogP contribution in [-0.4, -0.2) is 38.4 Å². The van der Waals surface area contributed by atoms with E-state index < -0.39 is 15.2 Å². The number of hydrogen-bond acceptors (Lipinski definition) is 8. The van der Waals surface area contributed by atoms with Crippen LogP contribution >= 0.6 is 15.2 Å². The van der Waals surface area contributed by atoms with E-state index in [0.29, 0.717) is 22.4 Å². The van der Waals surface area contributed by atoms with E-state index in [1.807, 2.05) is 12.1 Å². The molecule has 0 unspecified atom stereocenters. The Bertz CT molecular complexity index is 730. The Morgan fingerprint density at radius 3 is 1.38 bits per heavy atom. The fraction of sp³-hybridized carbons (Fsp3) is 0.429. The third kappa shape index (κ3) is 4.28. The second kappa shape index (κ2) is 7.83. The van der Waals surface area contributed by atoms with Crippen molar-refractivity contribution in [2.75, 3.05) is 28.4 Å². The number of rotatable bonds is 8. The molecule has 0 fully saturated rings. The molecule has 2 rings (SSSR count). The summed E-state index contributed by atoms with van der Waals surface area (Å²) in [7, 11) is -1.53. The van der Waals surface area contributed by atoms with Gasteiger partial charge in [0.2, 0.25) is 0 Å². The number of benzene rings is 1. The predicted octanol–water partition coefficient (Wildman–Crippen LogP) is 3.60. The molecule has 0 aliphatic carbocycles. The van der Waals surface area contributed by atoms with Crippen LogP contribution in [0.5, 0.6) is 0 Å². The van der Waals surface area contributed by atoms with Gasteiger partial charge in [-0.25, -0.2) is 9.97 Å². The van der Waals surface area contributed by atoms with Crippen molar-refractivity contribution in [3.8, 4) is 0 Å². The highest BCUT2D eigenvalue weighted by Crippen LogP contribution is 2.53. The predicted molar refractivity (Wildman–Crippen MR) is 90.2 cm³/mol. The average Bonchev–Trinajstić information content (AvgIpc) is 2.61. The maximum atomic E-state index is 12.5. The Morgan fingerprint density at radius 1 is 0.750 bits per heavy atom. The van der Waals surface area contributed by atoms with Crippen LogP contribution in [-0.2, 0) is 39.5 Å². The average molecular weight is 374 g/mol. The molecule has 0 radical (unpaired) electrons. The fourth-order valence-electron chi connectivity index (χ4n) is 2.10. The molecule has 0 bridgehead atoms. The third-order valence-electron chi connectivity index (χ3n) is 3.53. The highest BCUT2D eigenvalue weighted by Gasteiger charge is 2.30. The molecule has 0 aliphatic rings. The lowest BCUT2D eigenvalue weighted by Crippen LogP contribution is -2.06. The van der Waals surface area contributed by atoms with Crippen LogP contribution in [0.25, 0.3) is 11.0 Å². The van der Waals surface area contributed by atoms with Crippen molar-refractivity contribution in [1.29, 1.82) is 0 Å². The molecule has 0 spiro atoms.